The Morgan fingerprint density at radius 1 is 1.45 bits per heavy atom. The van der Waals surface area contributed by atoms with E-state index in [1.807, 2.05) is 31.2 Å². The molecule has 2 amide bonds. The van der Waals surface area contributed by atoms with Crippen molar-refractivity contribution in [1.82, 2.24) is 10.2 Å². The molecule has 112 valence electrons. The number of nitrogens with zero attached hydrogens (tertiary/aromatic N) is 1. The third-order valence-corrected chi connectivity index (χ3v) is 2.62. The summed E-state index contributed by atoms with van der Waals surface area (Å²) in [5, 5.41) is 12.5. The molecule has 2 N–H and O–H groups in total. The highest BCUT2D eigenvalue weighted by atomic mass is 16.5. The third kappa shape index (κ3) is 5.93. The maximum absolute atomic E-state index is 11.9. The number of hydrogen-bond donors (Lipinski definition) is 2. The van der Waals surface area contributed by atoms with E-state index in [0.717, 1.165) is 11.3 Å². The van der Waals surface area contributed by atoms with Crippen molar-refractivity contribution in [2.24, 2.45) is 0 Å². The summed E-state index contributed by atoms with van der Waals surface area (Å²) < 4.78 is 5.41. The molecule has 0 saturated heterocycles. The predicted octanol–water partition coefficient (Wildman–Crippen LogP) is 2.00. The van der Waals surface area contributed by atoms with Crippen molar-refractivity contribution in [3.63, 3.8) is 0 Å². The van der Waals surface area contributed by atoms with Gasteiger partial charge in [0.15, 0.2) is 0 Å². The lowest BCUT2D eigenvalue weighted by molar-refractivity contribution is 0.0531. The first-order chi connectivity index (χ1) is 9.31. The molecular formula is C15H24N2O3. The summed E-state index contributed by atoms with van der Waals surface area (Å²) in [6.07, 6.45) is 0. The van der Waals surface area contributed by atoms with Crippen molar-refractivity contribution < 1.29 is 14.6 Å². The van der Waals surface area contributed by atoms with Crippen LogP contribution in [0.25, 0.3) is 0 Å². The standard InChI is InChI=1S/C15H24N2O3/c1-5-20-13-8-6-7-12(9-13)10-16-14(18)17(4)11-15(2,3)19/h6-9,19H,5,10-11H2,1-4H3,(H,16,18). The van der Waals surface area contributed by atoms with Crippen molar-refractivity contribution in [3.8, 4) is 5.75 Å². The van der Waals surface area contributed by atoms with Crippen molar-refractivity contribution in [3.05, 3.63) is 29.8 Å². The van der Waals surface area contributed by atoms with E-state index in [2.05, 4.69) is 5.32 Å². The van der Waals surface area contributed by atoms with Crippen molar-refractivity contribution in [2.75, 3.05) is 20.2 Å². The molecule has 0 unspecified atom stereocenters. The second-order valence-electron chi connectivity index (χ2n) is 5.41. The van der Waals surface area contributed by atoms with Gasteiger partial charge in [0.05, 0.1) is 18.8 Å². The molecule has 0 bridgehead atoms. The fourth-order valence-electron chi connectivity index (χ4n) is 1.88. The van der Waals surface area contributed by atoms with Gasteiger partial charge in [-0.1, -0.05) is 12.1 Å². The minimum absolute atomic E-state index is 0.214. The maximum Gasteiger partial charge on any atom is 0.317 e. The second kappa shape index (κ2) is 7.14. The number of benzene rings is 1. The highest BCUT2D eigenvalue weighted by molar-refractivity contribution is 5.73. The minimum atomic E-state index is -0.902. The van der Waals surface area contributed by atoms with E-state index in [-0.39, 0.29) is 12.6 Å². The van der Waals surface area contributed by atoms with Crippen molar-refractivity contribution >= 4 is 6.03 Å². The Morgan fingerprint density at radius 2 is 2.15 bits per heavy atom. The van der Waals surface area contributed by atoms with Gasteiger partial charge in [-0.15, -0.1) is 0 Å². The fourth-order valence-corrected chi connectivity index (χ4v) is 1.88. The molecule has 0 aliphatic heterocycles. The quantitative estimate of drug-likeness (QED) is 0.838. The lowest BCUT2D eigenvalue weighted by Crippen LogP contribution is -2.44. The van der Waals surface area contributed by atoms with Gasteiger partial charge in [0.2, 0.25) is 0 Å². The normalized spacial score (nSPS) is 11.1. The molecule has 0 saturated carbocycles. The highest BCUT2D eigenvalue weighted by Crippen LogP contribution is 2.13. The van der Waals surface area contributed by atoms with Gasteiger partial charge in [0.1, 0.15) is 5.75 Å². The average molecular weight is 280 g/mol. The molecule has 1 aromatic carbocycles. The number of aliphatic hydroxyl groups is 1. The molecule has 5 heteroatoms. The summed E-state index contributed by atoms with van der Waals surface area (Å²) >= 11 is 0. The third-order valence-electron chi connectivity index (χ3n) is 2.62. The van der Waals surface area contributed by atoms with Crippen LogP contribution in [-0.4, -0.2) is 41.8 Å². The van der Waals surface area contributed by atoms with Gasteiger partial charge in [0.25, 0.3) is 0 Å². The first kappa shape index (κ1) is 16.3. The van der Waals surface area contributed by atoms with Crippen LogP contribution in [0.4, 0.5) is 4.79 Å². The van der Waals surface area contributed by atoms with E-state index in [1.54, 1.807) is 20.9 Å². The summed E-state index contributed by atoms with van der Waals surface area (Å²) in [5.74, 6) is 0.795. The minimum Gasteiger partial charge on any atom is -0.494 e. The Morgan fingerprint density at radius 3 is 2.75 bits per heavy atom. The number of urea groups is 1. The summed E-state index contributed by atoms with van der Waals surface area (Å²) in [6.45, 7) is 6.59. The van der Waals surface area contributed by atoms with E-state index in [4.69, 9.17) is 4.74 Å². The Hall–Kier alpha value is -1.75. The Balaban J connectivity index is 2.50. The summed E-state index contributed by atoms with van der Waals surface area (Å²) in [7, 11) is 1.66. The average Bonchev–Trinajstić information content (AvgIpc) is 2.35. The molecule has 1 rings (SSSR count). The first-order valence-electron chi connectivity index (χ1n) is 6.75. The first-order valence-corrected chi connectivity index (χ1v) is 6.75. The van der Waals surface area contributed by atoms with Crippen LogP contribution in [0.15, 0.2) is 24.3 Å². The lowest BCUT2D eigenvalue weighted by Gasteiger charge is -2.25. The lowest BCUT2D eigenvalue weighted by atomic mass is 10.1. The SMILES string of the molecule is CCOc1cccc(CNC(=O)N(C)CC(C)(C)O)c1. The molecule has 0 fully saturated rings. The van der Waals surface area contributed by atoms with Gasteiger partial charge in [0, 0.05) is 13.6 Å². The van der Waals surface area contributed by atoms with Crippen LogP contribution < -0.4 is 10.1 Å². The van der Waals surface area contributed by atoms with Gasteiger partial charge in [-0.05, 0) is 38.5 Å². The van der Waals surface area contributed by atoms with E-state index in [0.29, 0.717) is 13.2 Å². The van der Waals surface area contributed by atoms with Crippen LogP contribution in [0.5, 0.6) is 5.75 Å². The fraction of sp³-hybridized carbons (Fsp3) is 0.533. The molecule has 0 atom stereocenters. The number of rotatable bonds is 6. The number of hydrogen-bond acceptors (Lipinski definition) is 3. The van der Waals surface area contributed by atoms with Crippen LogP contribution in [0.3, 0.4) is 0 Å². The van der Waals surface area contributed by atoms with E-state index in [1.165, 1.54) is 4.90 Å². The molecule has 0 heterocycles. The second-order valence-corrected chi connectivity index (χ2v) is 5.41. The number of ether oxygens (including phenoxy) is 1. The Labute approximate surface area is 120 Å². The molecule has 20 heavy (non-hydrogen) atoms. The highest BCUT2D eigenvalue weighted by Gasteiger charge is 2.18. The summed E-state index contributed by atoms with van der Waals surface area (Å²) in [4.78, 5) is 13.3. The van der Waals surface area contributed by atoms with Crippen LogP contribution in [0.2, 0.25) is 0 Å². The molecule has 0 radical (unpaired) electrons. The van der Waals surface area contributed by atoms with Crippen molar-refractivity contribution in [1.29, 1.82) is 0 Å². The maximum atomic E-state index is 11.9. The summed E-state index contributed by atoms with van der Waals surface area (Å²) in [6, 6.07) is 7.40. The largest absolute Gasteiger partial charge is 0.494 e. The van der Waals surface area contributed by atoms with Gasteiger partial charge in [-0.2, -0.15) is 0 Å². The van der Waals surface area contributed by atoms with Gasteiger partial charge in [-0.25, -0.2) is 4.79 Å². The number of amides is 2. The van der Waals surface area contributed by atoms with E-state index >= 15 is 0 Å². The van der Waals surface area contributed by atoms with Crippen LogP contribution >= 0.6 is 0 Å². The predicted molar refractivity (Wildman–Crippen MR) is 78.8 cm³/mol. The van der Waals surface area contributed by atoms with Crippen LogP contribution in [0.1, 0.15) is 26.3 Å². The van der Waals surface area contributed by atoms with Crippen LogP contribution in [0, 0.1) is 0 Å². The Kier molecular flexibility index (Phi) is 5.82. The van der Waals surface area contributed by atoms with E-state index < -0.39 is 5.60 Å². The number of likely N-dealkylation sites (N-methyl/N-ethyl adjacent to an activating group) is 1. The smallest absolute Gasteiger partial charge is 0.317 e. The van der Waals surface area contributed by atoms with Gasteiger partial charge in [-0.3, -0.25) is 0 Å². The molecular weight excluding hydrogens is 256 g/mol. The van der Waals surface area contributed by atoms with Gasteiger partial charge < -0.3 is 20.1 Å². The van der Waals surface area contributed by atoms with Crippen molar-refractivity contribution in [2.45, 2.75) is 32.9 Å². The topological polar surface area (TPSA) is 61.8 Å². The van der Waals surface area contributed by atoms with Crippen LogP contribution in [-0.2, 0) is 6.54 Å². The molecule has 0 aliphatic carbocycles. The molecule has 0 aliphatic rings. The van der Waals surface area contributed by atoms with E-state index in [9.17, 15) is 9.90 Å². The number of nitrogens with one attached hydrogen (secondary N) is 1. The summed E-state index contributed by atoms with van der Waals surface area (Å²) in [5.41, 5.74) is 0.0713. The zero-order valence-corrected chi connectivity index (χ0v) is 12.6. The Bertz CT molecular complexity index is 441. The molecule has 0 aromatic heterocycles. The zero-order chi connectivity index (χ0) is 15.2. The molecule has 5 nitrogen and oxygen atoms in total. The number of carbonyl (C=O) groups excluding carboxylic acids is 1. The monoisotopic (exact) mass is 280 g/mol. The zero-order valence-electron chi connectivity index (χ0n) is 12.6. The molecule has 0 spiro atoms. The molecule has 1 aromatic rings. The number of carbonyl (C=O) groups is 1. The van der Waals surface area contributed by atoms with Gasteiger partial charge >= 0.3 is 6.03 Å².